The molecule has 0 spiro atoms. The SMILES string of the molecule is CO[C@H]1O[C@H](C(O)S(=O)(=O)c2ccccc2C)[C@@H](O)[C@H](O)[C@H]1O. The predicted octanol–water partition coefficient (Wildman–Crippen LogP) is -1.46. The fourth-order valence-corrected chi connectivity index (χ4v) is 4.11. The molecule has 0 amide bonds. The Hall–Kier alpha value is -1.07. The van der Waals surface area contributed by atoms with Gasteiger partial charge in [0.15, 0.2) is 11.7 Å². The molecule has 9 heteroatoms. The van der Waals surface area contributed by atoms with Crippen LogP contribution in [0, 0.1) is 6.92 Å². The van der Waals surface area contributed by atoms with E-state index in [1.807, 2.05) is 0 Å². The first kappa shape index (κ1) is 18.3. The molecule has 23 heavy (non-hydrogen) atoms. The van der Waals surface area contributed by atoms with Crippen LogP contribution >= 0.6 is 0 Å². The lowest BCUT2D eigenvalue weighted by Gasteiger charge is -2.41. The zero-order valence-corrected chi connectivity index (χ0v) is 13.4. The Kier molecular flexibility index (Phi) is 5.41. The van der Waals surface area contributed by atoms with Crippen molar-refractivity contribution in [1.29, 1.82) is 0 Å². The van der Waals surface area contributed by atoms with Gasteiger partial charge in [0, 0.05) is 7.11 Å². The van der Waals surface area contributed by atoms with E-state index in [9.17, 15) is 28.8 Å². The lowest BCUT2D eigenvalue weighted by atomic mass is 9.99. The zero-order chi connectivity index (χ0) is 17.4. The van der Waals surface area contributed by atoms with E-state index in [0.29, 0.717) is 5.56 Å². The van der Waals surface area contributed by atoms with Crippen molar-refractivity contribution in [3.05, 3.63) is 29.8 Å². The Morgan fingerprint density at radius 3 is 2.30 bits per heavy atom. The van der Waals surface area contributed by atoms with Crippen LogP contribution in [0.15, 0.2) is 29.2 Å². The molecule has 0 aliphatic carbocycles. The van der Waals surface area contributed by atoms with Crippen molar-refractivity contribution in [2.75, 3.05) is 7.11 Å². The third-order valence-corrected chi connectivity index (χ3v) is 5.81. The summed E-state index contributed by atoms with van der Waals surface area (Å²) in [6.45, 7) is 1.56. The molecule has 1 saturated heterocycles. The van der Waals surface area contributed by atoms with Crippen molar-refractivity contribution in [1.82, 2.24) is 0 Å². The summed E-state index contributed by atoms with van der Waals surface area (Å²) in [5, 5.41) is 39.7. The highest BCUT2D eigenvalue weighted by Crippen LogP contribution is 2.29. The first-order valence-corrected chi connectivity index (χ1v) is 8.46. The topological polar surface area (TPSA) is 134 Å². The Balaban J connectivity index is 2.35. The normalized spacial score (nSPS) is 33.4. The minimum atomic E-state index is -4.25. The molecular weight excluding hydrogens is 328 g/mol. The molecule has 8 nitrogen and oxygen atoms in total. The molecule has 1 heterocycles. The second kappa shape index (κ2) is 6.81. The summed E-state index contributed by atoms with van der Waals surface area (Å²) in [7, 11) is -3.07. The number of hydrogen-bond acceptors (Lipinski definition) is 8. The molecule has 1 aliphatic heterocycles. The molecule has 1 aromatic carbocycles. The van der Waals surface area contributed by atoms with Gasteiger partial charge in [-0.3, -0.25) is 0 Å². The molecule has 0 saturated carbocycles. The minimum Gasteiger partial charge on any atom is -0.387 e. The van der Waals surface area contributed by atoms with Crippen LogP contribution in [0.5, 0.6) is 0 Å². The van der Waals surface area contributed by atoms with Gasteiger partial charge in [0.05, 0.1) is 4.90 Å². The summed E-state index contributed by atoms with van der Waals surface area (Å²) in [6.07, 6.45) is -8.15. The highest BCUT2D eigenvalue weighted by molar-refractivity contribution is 7.92. The van der Waals surface area contributed by atoms with E-state index >= 15 is 0 Å². The van der Waals surface area contributed by atoms with Gasteiger partial charge < -0.3 is 29.9 Å². The number of aliphatic hydroxyl groups is 4. The van der Waals surface area contributed by atoms with Gasteiger partial charge in [-0.25, -0.2) is 8.42 Å². The Bertz CT molecular complexity index is 644. The first-order valence-electron chi connectivity index (χ1n) is 6.92. The summed E-state index contributed by atoms with van der Waals surface area (Å²) in [5.41, 5.74) is -1.72. The number of benzene rings is 1. The molecule has 1 aliphatic rings. The maximum atomic E-state index is 12.6. The second-order valence-corrected chi connectivity index (χ2v) is 7.39. The van der Waals surface area contributed by atoms with Crippen LogP contribution < -0.4 is 0 Å². The van der Waals surface area contributed by atoms with Crippen molar-refractivity contribution >= 4 is 9.84 Å². The Morgan fingerprint density at radius 2 is 1.74 bits per heavy atom. The molecule has 1 aromatic rings. The summed E-state index contributed by atoms with van der Waals surface area (Å²) < 4.78 is 35.0. The molecule has 6 atom stereocenters. The van der Waals surface area contributed by atoms with Crippen LogP contribution in [0.3, 0.4) is 0 Å². The predicted molar refractivity (Wildman–Crippen MR) is 78.1 cm³/mol. The number of aliphatic hydroxyl groups excluding tert-OH is 4. The van der Waals surface area contributed by atoms with E-state index < -0.39 is 46.0 Å². The van der Waals surface area contributed by atoms with Crippen molar-refractivity contribution in [3.63, 3.8) is 0 Å². The number of sulfone groups is 1. The van der Waals surface area contributed by atoms with E-state index in [-0.39, 0.29) is 4.90 Å². The molecular formula is C14H20O8S. The van der Waals surface area contributed by atoms with Gasteiger partial charge in [0.1, 0.15) is 24.4 Å². The molecule has 4 N–H and O–H groups in total. The third kappa shape index (κ3) is 3.26. The molecule has 130 valence electrons. The standard InChI is InChI=1S/C14H20O8S/c1-7-5-3-4-6-8(7)23(19,20)13(18)12-10(16)9(15)11(17)14(21-2)22-12/h3-6,9-18H,1-2H3/t9-,10-,11+,12-,13?,14-/m0/s1. The number of ether oxygens (including phenoxy) is 2. The van der Waals surface area contributed by atoms with Crippen molar-refractivity contribution in [2.24, 2.45) is 0 Å². The molecule has 1 fully saturated rings. The molecule has 2 rings (SSSR count). The quantitative estimate of drug-likeness (QED) is 0.519. The van der Waals surface area contributed by atoms with E-state index in [0.717, 1.165) is 0 Å². The zero-order valence-electron chi connectivity index (χ0n) is 12.6. The fourth-order valence-electron chi connectivity index (χ4n) is 2.49. The number of methoxy groups -OCH3 is 1. The van der Waals surface area contributed by atoms with Gasteiger partial charge >= 0.3 is 0 Å². The van der Waals surface area contributed by atoms with Gasteiger partial charge in [-0.15, -0.1) is 0 Å². The monoisotopic (exact) mass is 348 g/mol. The van der Waals surface area contributed by atoms with Gasteiger partial charge in [0.2, 0.25) is 9.84 Å². The van der Waals surface area contributed by atoms with Crippen LogP contribution in [0.4, 0.5) is 0 Å². The molecule has 0 bridgehead atoms. The highest BCUT2D eigenvalue weighted by Gasteiger charge is 2.50. The maximum Gasteiger partial charge on any atom is 0.207 e. The summed E-state index contributed by atoms with van der Waals surface area (Å²) >= 11 is 0. The summed E-state index contributed by atoms with van der Waals surface area (Å²) in [5.74, 6) is 0. The summed E-state index contributed by atoms with van der Waals surface area (Å²) in [4.78, 5) is -0.113. The van der Waals surface area contributed by atoms with Gasteiger partial charge in [-0.1, -0.05) is 18.2 Å². The fraction of sp³-hybridized carbons (Fsp3) is 0.571. The van der Waals surface area contributed by atoms with Crippen molar-refractivity contribution in [2.45, 2.75) is 48.0 Å². The van der Waals surface area contributed by atoms with E-state index in [1.165, 1.54) is 19.2 Å². The number of rotatable bonds is 4. The van der Waals surface area contributed by atoms with Crippen molar-refractivity contribution < 1.29 is 38.3 Å². The number of aryl methyl sites for hydroxylation is 1. The van der Waals surface area contributed by atoms with Crippen molar-refractivity contribution in [3.8, 4) is 0 Å². The largest absolute Gasteiger partial charge is 0.387 e. The van der Waals surface area contributed by atoms with Crippen LogP contribution in [0.25, 0.3) is 0 Å². The average molecular weight is 348 g/mol. The first-order chi connectivity index (χ1) is 10.7. The van der Waals surface area contributed by atoms with Crippen LogP contribution in [-0.4, -0.2) is 72.1 Å². The van der Waals surface area contributed by atoms with Gasteiger partial charge in [0.25, 0.3) is 0 Å². The summed E-state index contributed by atoms with van der Waals surface area (Å²) in [6, 6.07) is 6.03. The lowest BCUT2D eigenvalue weighted by Crippen LogP contribution is -2.62. The average Bonchev–Trinajstić information content (AvgIpc) is 2.52. The van der Waals surface area contributed by atoms with Crippen LogP contribution in [0.2, 0.25) is 0 Å². The Labute approximate surface area is 133 Å². The molecule has 0 radical (unpaired) electrons. The minimum absolute atomic E-state index is 0.113. The third-order valence-electron chi connectivity index (χ3n) is 3.84. The van der Waals surface area contributed by atoms with E-state index in [1.54, 1.807) is 19.1 Å². The second-order valence-electron chi connectivity index (χ2n) is 5.38. The van der Waals surface area contributed by atoms with E-state index in [2.05, 4.69) is 0 Å². The van der Waals surface area contributed by atoms with Crippen LogP contribution in [-0.2, 0) is 19.3 Å². The Morgan fingerprint density at radius 1 is 1.13 bits per heavy atom. The van der Waals surface area contributed by atoms with E-state index in [4.69, 9.17) is 9.47 Å². The number of hydrogen-bond donors (Lipinski definition) is 4. The van der Waals surface area contributed by atoms with Gasteiger partial charge in [-0.2, -0.15) is 0 Å². The maximum absolute atomic E-state index is 12.6. The highest BCUT2D eigenvalue weighted by atomic mass is 32.2. The van der Waals surface area contributed by atoms with Gasteiger partial charge in [-0.05, 0) is 18.6 Å². The van der Waals surface area contributed by atoms with Crippen LogP contribution in [0.1, 0.15) is 5.56 Å². The molecule has 1 unspecified atom stereocenters. The molecule has 0 aromatic heterocycles. The smallest absolute Gasteiger partial charge is 0.207 e. The lowest BCUT2D eigenvalue weighted by molar-refractivity contribution is -0.297.